The predicted molar refractivity (Wildman–Crippen MR) is 127 cm³/mol. The number of oxazole rings is 1. The molecule has 1 aromatic heterocycles. The number of hydrogen-bond donors (Lipinski definition) is 1. The first kappa shape index (κ1) is 21.1. The summed E-state index contributed by atoms with van der Waals surface area (Å²) >= 11 is 3.41. The van der Waals surface area contributed by atoms with Crippen LogP contribution in [0.2, 0.25) is 0 Å². The van der Waals surface area contributed by atoms with Crippen LogP contribution in [0, 0.1) is 0 Å². The van der Waals surface area contributed by atoms with Gasteiger partial charge in [-0.25, -0.2) is 4.98 Å². The van der Waals surface area contributed by atoms with Gasteiger partial charge >= 0.3 is 0 Å². The zero-order valence-corrected chi connectivity index (χ0v) is 19.2. The van der Waals surface area contributed by atoms with Crippen molar-refractivity contribution in [3.8, 4) is 17.2 Å². The molecule has 5 nitrogen and oxygen atoms in total. The fourth-order valence-electron chi connectivity index (χ4n) is 3.35. The third-order valence-corrected chi connectivity index (χ3v) is 5.99. The number of carbonyl (C=O) groups is 1. The molecular formula is C25H23BrN2O3. The molecule has 0 aliphatic heterocycles. The number of halogens is 1. The van der Waals surface area contributed by atoms with Crippen LogP contribution >= 0.6 is 15.9 Å². The summed E-state index contributed by atoms with van der Waals surface area (Å²) in [7, 11) is 1.59. The normalized spacial score (nSPS) is 12.0. The highest BCUT2D eigenvalue weighted by atomic mass is 79.9. The molecule has 1 N–H and O–H groups in total. The summed E-state index contributed by atoms with van der Waals surface area (Å²) in [6, 6.07) is 18.8. The van der Waals surface area contributed by atoms with Crippen molar-refractivity contribution in [2.24, 2.45) is 0 Å². The van der Waals surface area contributed by atoms with Crippen LogP contribution in [0.1, 0.15) is 42.1 Å². The Labute approximate surface area is 189 Å². The summed E-state index contributed by atoms with van der Waals surface area (Å²) in [5.41, 5.74) is 4.83. The predicted octanol–water partition coefficient (Wildman–Crippen LogP) is 7.03. The zero-order chi connectivity index (χ0) is 22.0. The van der Waals surface area contributed by atoms with Gasteiger partial charge in [0.15, 0.2) is 5.58 Å². The molecule has 1 amide bonds. The average molecular weight is 479 g/mol. The number of methoxy groups -OCH3 is 1. The van der Waals surface area contributed by atoms with Crippen LogP contribution in [0.25, 0.3) is 22.6 Å². The molecule has 1 atom stereocenters. The molecule has 6 heteroatoms. The lowest BCUT2D eigenvalue weighted by molar-refractivity contribution is 0.102. The van der Waals surface area contributed by atoms with E-state index in [4.69, 9.17) is 9.15 Å². The van der Waals surface area contributed by atoms with Crippen LogP contribution in [0.5, 0.6) is 5.75 Å². The molecule has 0 unspecified atom stereocenters. The Bertz CT molecular complexity index is 1250. The molecule has 1 heterocycles. The number of amides is 1. The first-order valence-electron chi connectivity index (χ1n) is 10.1. The first-order chi connectivity index (χ1) is 15.0. The summed E-state index contributed by atoms with van der Waals surface area (Å²) in [6.07, 6.45) is 1.07. The average Bonchev–Trinajstić information content (AvgIpc) is 3.22. The van der Waals surface area contributed by atoms with E-state index in [1.54, 1.807) is 25.3 Å². The van der Waals surface area contributed by atoms with E-state index in [9.17, 15) is 4.79 Å². The molecule has 0 saturated carbocycles. The number of benzene rings is 3. The van der Waals surface area contributed by atoms with Crippen molar-refractivity contribution in [3.63, 3.8) is 0 Å². The zero-order valence-electron chi connectivity index (χ0n) is 17.6. The van der Waals surface area contributed by atoms with Crippen molar-refractivity contribution >= 4 is 38.6 Å². The molecule has 4 aromatic rings. The van der Waals surface area contributed by atoms with E-state index < -0.39 is 0 Å². The SMILES string of the molecule is CC[C@H](C)c1ccc2oc(-c3cccc(NC(=O)c4ccc(OC)c(Br)c4)c3)nc2c1. The van der Waals surface area contributed by atoms with Crippen LogP contribution in [-0.4, -0.2) is 18.0 Å². The number of nitrogens with one attached hydrogen (secondary N) is 1. The van der Waals surface area contributed by atoms with E-state index in [0.717, 1.165) is 27.6 Å². The Kier molecular flexibility index (Phi) is 6.09. The highest BCUT2D eigenvalue weighted by Gasteiger charge is 2.13. The summed E-state index contributed by atoms with van der Waals surface area (Å²) < 4.78 is 11.9. The Hall–Kier alpha value is -3.12. The summed E-state index contributed by atoms with van der Waals surface area (Å²) in [5, 5.41) is 2.93. The molecule has 4 rings (SSSR count). The van der Waals surface area contributed by atoms with Crippen LogP contribution in [-0.2, 0) is 0 Å². The number of fused-ring (bicyclic) bond motifs is 1. The Balaban J connectivity index is 1.58. The molecule has 0 radical (unpaired) electrons. The Morgan fingerprint density at radius 3 is 2.74 bits per heavy atom. The first-order valence-corrected chi connectivity index (χ1v) is 10.9. The van der Waals surface area contributed by atoms with Crippen molar-refractivity contribution < 1.29 is 13.9 Å². The highest BCUT2D eigenvalue weighted by Crippen LogP contribution is 2.30. The van der Waals surface area contributed by atoms with Crippen molar-refractivity contribution in [2.75, 3.05) is 12.4 Å². The van der Waals surface area contributed by atoms with Gasteiger partial charge in [-0.15, -0.1) is 0 Å². The van der Waals surface area contributed by atoms with Gasteiger partial charge in [0.2, 0.25) is 5.89 Å². The van der Waals surface area contributed by atoms with Gasteiger partial charge in [-0.1, -0.05) is 26.0 Å². The van der Waals surface area contributed by atoms with E-state index in [2.05, 4.69) is 52.2 Å². The smallest absolute Gasteiger partial charge is 0.255 e. The van der Waals surface area contributed by atoms with Crippen LogP contribution in [0.4, 0.5) is 5.69 Å². The molecule has 0 fully saturated rings. The Morgan fingerprint density at radius 1 is 1.16 bits per heavy atom. The van der Waals surface area contributed by atoms with Gasteiger partial charge in [-0.3, -0.25) is 4.79 Å². The number of aromatic nitrogens is 1. The van der Waals surface area contributed by atoms with Gasteiger partial charge < -0.3 is 14.5 Å². The summed E-state index contributed by atoms with van der Waals surface area (Å²) in [4.78, 5) is 17.3. The van der Waals surface area contributed by atoms with E-state index in [1.807, 2.05) is 30.3 Å². The maximum Gasteiger partial charge on any atom is 0.255 e. The second kappa shape index (κ2) is 8.94. The van der Waals surface area contributed by atoms with Gasteiger partial charge in [-0.05, 0) is 82.4 Å². The third kappa shape index (κ3) is 4.49. The fourth-order valence-corrected chi connectivity index (χ4v) is 3.89. The maximum absolute atomic E-state index is 12.7. The van der Waals surface area contributed by atoms with Crippen molar-refractivity contribution in [2.45, 2.75) is 26.2 Å². The molecule has 31 heavy (non-hydrogen) atoms. The van der Waals surface area contributed by atoms with Crippen LogP contribution in [0.3, 0.4) is 0 Å². The molecule has 0 aliphatic carbocycles. The van der Waals surface area contributed by atoms with Crippen LogP contribution < -0.4 is 10.1 Å². The van der Waals surface area contributed by atoms with Crippen molar-refractivity contribution in [1.82, 2.24) is 4.98 Å². The highest BCUT2D eigenvalue weighted by molar-refractivity contribution is 9.10. The minimum Gasteiger partial charge on any atom is -0.496 e. The monoisotopic (exact) mass is 478 g/mol. The van der Waals surface area contributed by atoms with Gasteiger partial charge in [0.25, 0.3) is 5.91 Å². The third-order valence-electron chi connectivity index (χ3n) is 5.37. The van der Waals surface area contributed by atoms with Crippen LogP contribution in [0.15, 0.2) is 69.6 Å². The Morgan fingerprint density at radius 2 is 2.00 bits per heavy atom. The van der Waals surface area contributed by atoms with E-state index in [0.29, 0.717) is 28.8 Å². The van der Waals surface area contributed by atoms with Gasteiger partial charge in [0, 0.05) is 16.8 Å². The lowest BCUT2D eigenvalue weighted by atomic mass is 9.98. The number of ether oxygens (including phenoxy) is 1. The van der Waals surface area contributed by atoms with E-state index in [-0.39, 0.29) is 5.91 Å². The standard InChI is InChI=1S/C25H23BrN2O3/c1-4-15(2)16-8-11-23-21(14-16)28-25(31-23)18-6-5-7-19(12-18)27-24(29)17-9-10-22(30-3)20(26)13-17/h5-15H,4H2,1-3H3,(H,27,29)/t15-/m0/s1. The number of hydrogen-bond acceptors (Lipinski definition) is 4. The summed E-state index contributed by atoms with van der Waals surface area (Å²) in [5.74, 6) is 1.46. The van der Waals surface area contributed by atoms with Gasteiger partial charge in [0.05, 0.1) is 11.6 Å². The molecule has 0 aliphatic rings. The molecule has 0 spiro atoms. The molecule has 0 bridgehead atoms. The molecular weight excluding hydrogens is 456 g/mol. The summed E-state index contributed by atoms with van der Waals surface area (Å²) in [6.45, 7) is 4.38. The second-order valence-electron chi connectivity index (χ2n) is 7.44. The second-order valence-corrected chi connectivity index (χ2v) is 8.29. The minimum absolute atomic E-state index is 0.212. The lowest BCUT2D eigenvalue weighted by Gasteiger charge is -2.08. The quantitative estimate of drug-likeness (QED) is 0.322. The topological polar surface area (TPSA) is 64.4 Å². The largest absolute Gasteiger partial charge is 0.496 e. The number of carbonyl (C=O) groups excluding carboxylic acids is 1. The van der Waals surface area contributed by atoms with E-state index in [1.165, 1.54) is 5.56 Å². The van der Waals surface area contributed by atoms with E-state index >= 15 is 0 Å². The van der Waals surface area contributed by atoms with Gasteiger partial charge in [-0.2, -0.15) is 0 Å². The maximum atomic E-state index is 12.7. The molecule has 0 saturated heterocycles. The fraction of sp³-hybridized carbons (Fsp3) is 0.200. The van der Waals surface area contributed by atoms with Gasteiger partial charge in [0.1, 0.15) is 11.3 Å². The number of nitrogens with zero attached hydrogens (tertiary/aromatic N) is 1. The number of rotatable bonds is 6. The minimum atomic E-state index is -0.212. The number of anilines is 1. The van der Waals surface area contributed by atoms with Crippen molar-refractivity contribution in [1.29, 1.82) is 0 Å². The molecule has 158 valence electrons. The lowest BCUT2D eigenvalue weighted by Crippen LogP contribution is -2.11. The van der Waals surface area contributed by atoms with Crippen molar-refractivity contribution in [3.05, 3.63) is 76.3 Å². The molecule has 3 aromatic carbocycles.